The van der Waals surface area contributed by atoms with Gasteiger partial charge in [-0.1, -0.05) is 28.1 Å². The molecule has 3 rings (SSSR count). The lowest BCUT2D eigenvalue weighted by Gasteiger charge is -2.06. The van der Waals surface area contributed by atoms with Crippen LogP contribution >= 0.6 is 15.9 Å². The first-order valence-electron chi connectivity index (χ1n) is 8.29. The lowest BCUT2D eigenvalue weighted by atomic mass is 10.1. The van der Waals surface area contributed by atoms with E-state index in [1.807, 2.05) is 30.5 Å². The van der Waals surface area contributed by atoms with Gasteiger partial charge in [-0.2, -0.15) is 5.10 Å². The molecule has 0 spiro atoms. The molecule has 2 amide bonds. The summed E-state index contributed by atoms with van der Waals surface area (Å²) in [7, 11) is 0. The second-order valence-electron chi connectivity index (χ2n) is 5.86. The molecule has 0 atom stereocenters. The zero-order valence-electron chi connectivity index (χ0n) is 14.4. The van der Waals surface area contributed by atoms with Crippen molar-refractivity contribution in [1.29, 1.82) is 0 Å². The number of nitrogens with one attached hydrogen (secondary N) is 2. The van der Waals surface area contributed by atoms with E-state index in [2.05, 4.69) is 36.6 Å². The van der Waals surface area contributed by atoms with Gasteiger partial charge < -0.3 is 15.7 Å². The Morgan fingerprint density at radius 2 is 1.81 bits per heavy atom. The number of nitrogens with zero attached hydrogens (tertiary/aromatic N) is 3. The van der Waals surface area contributed by atoms with E-state index < -0.39 is 12.5 Å². The first-order chi connectivity index (χ1) is 13.1. The zero-order valence-corrected chi connectivity index (χ0v) is 15.9. The average molecular weight is 432 g/mol. The summed E-state index contributed by atoms with van der Waals surface area (Å²) < 4.78 is 2.61. The van der Waals surface area contributed by atoms with Gasteiger partial charge in [-0.15, -0.1) is 0 Å². The Balaban J connectivity index is 1.65. The van der Waals surface area contributed by atoms with Crippen molar-refractivity contribution in [3.8, 4) is 0 Å². The normalized spacial score (nSPS) is 10.7. The standard InChI is InChI=1S/C18H18BrN5O3/c19-14-3-1-12(2-4-14)7-13-8-22-17-15(9-23-24(17)10-13)18(27)21-6-5-20-16(26)11-25/h1-4,8-10,25H,5-7,11H2,(H,20,26)(H,21,27). The summed E-state index contributed by atoms with van der Waals surface area (Å²) in [5.74, 6) is -0.809. The van der Waals surface area contributed by atoms with Crippen molar-refractivity contribution in [2.75, 3.05) is 19.7 Å². The van der Waals surface area contributed by atoms with Crippen molar-refractivity contribution in [2.24, 2.45) is 0 Å². The van der Waals surface area contributed by atoms with Gasteiger partial charge in [0.05, 0.1) is 6.20 Å². The maximum absolute atomic E-state index is 12.3. The fourth-order valence-electron chi connectivity index (χ4n) is 2.53. The summed E-state index contributed by atoms with van der Waals surface area (Å²) in [6, 6.07) is 8.04. The number of fused-ring (bicyclic) bond motifs is 1. The summed E-state index contributed by atoms with van der Waals surface area (Å²) in [5, 5.41) is 18.0. The molecule has 3 N–H and O–H groups in total. The van der Waals surface area contributed by atoms with E-state index in [-0.39, 0.29) is 19.0 Å². The van der Waals surface area contributed by atoms with Crippen LogP contribution < -0.4 is 10.6 Å². The van der Waals surface area contributed by atoms with E-state index in [0.29, 0.717) is 17.6 Å². The molecular weight excluding hydrogens is 414 g/mol. The number of aliphatic hydroxyl groups is 1. The summed E-state index contributed by atoms with van der Waals surface area (Å²) in [5.41, 5.74) is 2.95. The number of carbonyl (C=O) groups excluding carboxylic acids is 2. The summed E-state index contributed by atoms with van der Waals surface area (Å²) in [4.78, 5) is 27.6. The highest BCUT2D eigenvalue weighted by Gasteiger charge is 2.14. The SMILES string of the molecule is O=C(CO)NCCNC(=O)c1cnn2cc(Cc3ccc(Br)cc3)cnc12. The highest BCUT2D eigenvalue weighted by atomic mass is 79.9. The Labute approximate surface area is 163 Å². The van der Waals surface area contributed by atoms with E-state index in [1.165, 1.54) is 6.20 Å². The van der Waals surface area contributed by atoms with Crippen molar-refractivity contribution in [3.63, 3.8) is 0 Å². The lowest BCUT2D eigenvalue weighted by Crippen LogP contribution is -2.35. The average Bonchev–Trinajstić information content (AvgIpc) is 3.10. The van der Waals surface area contributed by atoms with Crippen LogP contribution in [0.25, 0.3) is 5.65 Å². The fraction of sp³-hybridized carbons (Fsp3) is 0.222. The molecule has 8 nitrogen and oxygen atoms in total. The van der Waals surface area contributed by atoms with Crippen LogP contribution in [-0.4, -0.2) is 51.2 Å². The van der Waals surface area contributed by atoms with Crippen LogP contribution in [0.4, 0.5) is 0 Å². The Morgan fingerprint density at radius 3 is 2.56 bits per heavy atom. The topological polar surface area (TPSA) is 109 Å². The second-order valence-corrected chi connectivity index (χ2v) is 6.77. The first-order valence-corrected chi connectivity index (χ1v) is 9.08. The number of aromatic nitrogens is 3. The molecule has 0 bridgehead atoms. The quantitative estimate of drug-likeness (QED) is 0.482. The molecular formula is C18H18BrN5O3. The molecule has 3 aromatic rings. The maximum atomic E-state index is 12.3. The van der Waals surface area contributed by atoms with Gasteiger partial charge in [-0.3, -0.25) is 9.59 Å². The summed E-state index contributed by atoms with van der Waals surface area (Å²) >= 11 is 3.42. The number of hydrogen-bond acceptors (Lipinski definition) is 5. The van der Waals surface area contributed by atoms with Crippen LogP contribution in [0.2, 0.25) is 0 Å². The van der Waals surface area contributed by atoms with E-state index in [0.717, 1.165) is 15.6 Å². The predicted molar refractivity (Wildman–Crippen MR) is 102 cm³/mol. The molecule has 0 unspecified atom stereocenters. The van der Waals surface area contributed by atoms with Crippen LogP contribution in [0.3, 0.4) is 0 Å². The zero-order chi connectivity index (χ0) is 19.2. The Kier molecular flexibility index (Phi) is 6.15. The van der Waals surface area contributed by atoms with Gasteiger partial charge in [0, 0.05) is 36.4 Å². The number of rotatable bonds is 7. The third-order valence-electron chi connectivity index (χ3n) is 3.85. The molecule has 140 valence electrons. The van der Waals surface area contributed by atoms with Crippen molar-refractivity contribution in [3.05, 3.63) is 64.0 Å². The number of hydrogen-bond donors (Lipinski definition) is 3. The molecule has 9 heteroatoms. The van der Waals surface area contributed by atoms with Gasteiger partial charge in [0.1, 0.15) is 12.2 Å². The van der Waals surface area contributed by atoms with Crippen LogP contribution in [0.1, 0.15) is 21.5 Å². The molecule has 0 fully saturated rings. The van der Waals surface area contributed by atoms with Crippen LogP contribution in [0.5, 0.6) is 0 Å². The Hall–Kier alpha value is -2.78. The van der Waals surface area contributed by atoms with Crippen LogP contribution in [0.15, 0.2) is 47.3 Å². The predicted octanol–water partition coefficient (Wildman–Crippen LogP) is 0.921. The highest BCUT2D eigenvalue weighted by Crippen LogP contribution is 2.15. The van der Waals surface area contributed by atoms with E-state index in [1.54, 1.807) is 10.7 Å². The second kappa shape index (κ2) is 8.74. The molecule has 1 aromatic carbocycles. The number of aliphatic hydroxyl groups excluding tert-OH is 1. The summed E-state index contributed by atoms with van der Waals surface area (Å²) in [6.45, 7) is -0.104. The molecule has 2 aromatic heterocycles. The first kappa shape index (κ1) is 19.0. The molecule has 27 heavy (non-hydrogen) atoms. The fourth-order valence-corrected chi connectivity index (χ4v) is 2.80. The monoisotopic (exact) mass is 431 g/mol. The minimum Gasteiger partial charge on any atom is -0.387 e. The van der Waals surface area contributed by atoms with Crippen LogP contribution in [0, 0.1) is 0 Å². The lowest BCUT2D eigenvalue weighted by molar-refractivity contribution is -0.123. The van der Waals surface area contributed by atoms with Gasteiger partial charge in [-0.25, -0.2) is 9.50 Å². The smallest absolute Gasteiger partial charge is 0.256 e. The largest absolute Gasteiger partial charge is 0.387 e. The molecule has 0 aliphatic carbocycles. The van der Waals surface area contributed by atoms with Gasteiger partial charge in [-0.05, 0) is 23.3 Å². The number of amides is 2. The molecule has 0 saturated carbocycles. The minimum atomic E-state index is -0.575. The van der Waals surface area contributed by atoms with Crippen LogP contribution in [-0.2, 0) is 11.2 Å². The van der Waals surface area contributed by atoms with Gasteiger partial charge >= 0.3 is 0 Å². The number of carbonyl (C=O) groups is 2. The van der Waals surface area contributed by atoms with E-state index in [4.69, 9.17) is 5.11 Å². The molecule has 0 radical (unpaired) electrons. The Bertz CT molecular complexity index is 955. The van der Waals surface area contributed by atoms with Crippen molar-refractivity contribution < 1.29 is 14.7 Å². The van der Waals surface area contributed by atoms with Gasteiger partial charge in [0.25, 0.3) is 5.91 Å². The third kappa shape index (κ3) is 4.89. The molecule has 0 saturated heterocycles. The molecule has 0 aliphatic heterocycles. The molecule has 0 aliphatic rings. The third-order valence-corrected chi connectivity index (χ3v) is 4.38. The van der Waals surface area contributed by atoms with Gasteiger partial charge in [0.2, 0.25) is 5.91 Å². The molecule has 2 heterocycles. The van der Waals surface area contributed by atoms with E-state index >= 15 is 0 Å². The summed E-state index contributed by atoms with van der Waals surface area (Å²) in [6.07, 6.45) is 5.76. The van der Waals surface area contributed by atoms with E-state index in [9.17, 15) is 9.59 Å². The maximum Gasteiger partial charge on any atom is 0.256 e. The van der Waals surface area contributed by atoms with Crippen molar-refractivity contribution >= 4 is 33.4 Å². The minimum absolute atomic E-state index is 0.231. The highest BCUT2D eigenvalue weighted by molar-refractivity contribution is 9.10. The van der Waals surface area contributed by atoms with Crippen molar-refractivity contribution in [1.82, 2.24) is 25.2 Å². The van der Waals surface area contributed by atoms with Crippen molar-refractivity contribution in [2.45, 2.75) is 6.42 Å². The van der Waals surface area contributed by atoms with Gasteiger partial charge in [0.15, 0.2) is 5.65 Å². The number of benzene rings is 1. The Morgan fingerprint density at radius 1 is 1.07 bits per heavy atom. The number of halogens is 1.